The van der Waals surface area contributed by atoms with Gasteiger partial charge < -0.3 is 20.4 Å². The van der Waals surface area contributed by atoms with E-state index in [1.165, 1.54) is 0 Å². The van der Waals surface area contributed by atoms with E-state index in [9.17, 15) is 5.11 Å². The molecular weight excluding hydrogens is 514 g/mol. The molecule has 0 fully saturated rings. The van der Waals surface area contributed by atoms with Crippen LogP contribution in [0.4, 0.5) is 16.8 Å². The van der Waals surface area contributed by atoms with Gasteiger partial charge in [-0.2, -0.15) is 0 Å². The van der Waals surface area contributed by atoms with Gasteiger partial charge in [-0.15, -0.1) is 0 Å². The minimum atomic E-state index is -0.987. The Hall–Kier alpha value is -2.30. The zero-order valence-corrected chi connectivity index (χ0v) is 20.0. The third-order valence-corrected chi connectivity index (χ3v) is 7.13. The van der Waals surface area contributed by atoms with Crippen molar-refractivity contribution >= 4 is 65.9 Å². The van der Waals surface area contributed by atoms with Crippen molar-refractivity contribution < 1.29 is 10.2 Å². The molecule has 0 spiro atoms. The number of pyridine rings is 2. The van der Waals surface area contributed by atoms with Crippen LogP contribution >= 0.6 is 38.9 Å². The minimum Gasteiger partial charge on any atom is -0.393 e. The Morgan fingerprint density at radius 2 is 2.12 bits per heavy atom. The molecule has 0 saturated heterocycles. The van der Waals surface area contributed by atoms with E-state index >= 15 is 0 Å². The topological polar surface area (TPSA) is 94.4 Å². The van der Waals surface area contributed by atoms with E-state index in [2.05, 4.69) is 47.2 Å². The van der Waals surface area contributed by atoms with Gasteiger partial charge in [-0.25, -0.2) is 15.0 Å². The highest BCUT2D eigenvalue weighted by Gasteiger charge is 2.23. The summed E-state index contributed by atoms with van der Waals surface area (Å²) >= 11 is 11.5. The third kappa shape index (κ3) is 4.18. The number of aromatic nitrogens is 3. The Balaban J connectivity index is 1.38. The average Bonchev–Trinajstić information content (AvgIpc) is 3.19. The lowest BCUT2D eigenvalue weighted by molar-refractivity contribution is 0.0953. The summed E-state index contributed by atoms with van der Waals surface area (Å²) in [4.78, 5) is 15.8. The maximum Gasteiger partial charge on any atom is 0.189 e. The zero-order valence-electron chi connectivity index (χ0n) is 16.8. The molecule has 3 aromatic heterocycles. The van der Waals surface area contributed by atoms with Gasteiger partial charge in [0, 0.05) is 41.1 Å². The number of aliphatic hydroxyl groups excluding tert-OH is 2. The van der Waals surface area contributed by atoms with Crippen molar-refractivity contribution in [1.82, 2.24) is 15.0 Å². The molecule has 164 valence electrons. The fourth-order valence-corrected chi connectivity index (χ4v) is 5.51. The summed E-state index contributed by atoms with van der Waals surface area (Å²) in [5, 5.41) is 23.6. The molecule has 3 N–H and O–H groups in total. The van der Waals surface area contributed by atoms with Crippen LogP contribution in [0.25, 0.3) is 10.2 Å². The lowest BCUT2D eigenvalue weighted by atomic mass is 10.0. The molecule has 0 bridgehead atoms. The van der Waals surface area contributed by atoms with E-state index in [4.69, 9.17) is 16.7 Å². The summed E-state index contributed by atoms with van der Waals surface area (Å²) in [6.45, 7) is 1.01. The largest absolute Gasteiger partial charge is 0.393 e. The second-order valence-electron chi connectivity index (χ2n) is 7.50. The van der Waals surface area contributed by atoms with E-state index in [0.717, 1.165) is 49.7 Å². The van der Waals surface area contributed by atoms with Crippen molar-refractivity contribution in [2.45, 2.75) is 19.1 Å². The predicted octanol–water partition coefficient (Wildman–Crippen LogP) is 4.83. The van der Waals surface area contributed by atoms with Crippen LogP contribution in [0.2, 0.25) is 5.02 Å². The second-order valence-corrected chi connectivity index (χ2v) is 9.85. The summed E-state index contributed by atoms with van der Waals surface area (Å²) < 4.78 is 2.13. The van der Waals surface area contributed by atoms with Gasteiger partial charge >= 0.3 is 0 Å². The summed E-state index contributed by atoms with van der Waals surface area (Å²) in [7, 11) is 0. The van der Waals surface area contributed by atoms with Crippen LogP contribution in [-0.4, -0.2) is 38.3 Å². The number of halogens is 2. The van der Waals surface area contributed by atoms with Gasteiger partial charge in [0.15, 0.2) is 5.13 Å². The van der Waals surface area contributed by atoms with Gasteiger partial charge in [0.1, 0.15) is 17.7 Å². The SMILES string of the molecule is OC[C@@H](O)c1cnc(N2CCc3c(ccnc3Nc3nc4ccc(Br)cc4s3)C2)c(Cl)c1. The molecule has 0 saturated carbocycles. The van der Waals surface area contributed by atoms with Crippen LogP contribution in [0, 0.1) is 0 Å². The standard InChI is InChI=1S/C22H19BrClN5O2S/c23-14-1-2-17-19(8-14)32-22(27-17)28-20-15-4-6-29(10-12(15)3-5-25-20)21-16(24)7-13(9-26-21)18(31)11-30/h1-3,5,7-9,18,30-31H,4,6,10-11H2,(H,25,27,28)/t18-/m1/s1. The first-order valence-electron chi connectivity index (χ1n) is 10.0. The number of aliphatic hydroxyl groups is 2. The average molecular weight is 533 g/mol. The lowest BCUT2D eigenvalue weighted by Crippen LogP contribution is -2.32. The van der Waals surface area contributed by atoms with Gasteiger partial charge in [0.2, 0.25) is 0 Å². The first-order valence-corrected chi connectivity index (χ1v) is 12.0. The Morgan fingerprint density at radius 3 is 2.94 bits per heavy atom. The normalized spacial score (nSPS) is 14.4. The maximum atomic E-state index is 9.81. The van der Waals surface area contributed by atoms with Crippen LogP contribution < -0.4 is 10.2 Å². The molecule has 7 nitrogen and oxygen atoms in total. The number of fused-ring (bicyclic) bond motifs is 2. The monoisotopic (exact) mass is 531 g/mol. The van der Waals surface area contributed by atoms with E-state index in [1.807, 2.05) is 18.2 Å². The van der Waals surface area contributed by atoms with Crippen LogP contribution in [0.1, 0.15) is 22.8 Å². The van der Waals surface area contributed by atoms with Crippen molar-refractivity contribution in [3.8, 4) is 0 Å². The predicted molar refractivity (Wildman–Crippen MR) is 131 cm³/mol. The highest BCUT2D eigenvalue weighted by Crippen LogP contribution is 2.34. The molecule has 4 heterocycles. The molecule has 0 radical (unpaired) electrons. The highest BCUT2D eigenvalue weighted by atomic mass is 79.9. The molecule has 0 unspecified atom stereocenters. The Kier molecular flexibility index (Phi) is 6.00. The Bertz CT molecular complexity index is 1300. The van der Waals surface area contributed by atoms with Crippen LogP contribution in [0.15, 0.2) is 47.2 Å². The lowest BCUT2D eigenvalue weighted by Gasteiger charge is -2.31. The zero-order chi connectivity index (χ0) is 22.2. The van der Waals surface area contributed by atoms with Crippen molar-refractivity contribution in [2.24, 2.45) is 0 Å². The number of thiazole rings is 1. The number of hydrogen-bond acceptors (Lipinski definition) is 8. The van der Waals surface area contributed by atoms with E-state index in [-0.39, 0.29) is 6.61 Å². The molecule has 0 aliphatic carbocycles. The van der Waals surface area contributed by atoms with Gasteiger partial charge in [0.25, 0.3) is 0 Å². The number of nitrogens with one attached hydrogen (secondary N) is 1. The minimum absolute atomic E-state index is 0.372. The second kappa shape index (κ2) is 8.92. The van der Waals surface area contributed by atoms with Crippen molar-refractivity contribution in [2.75, 3.05) is 23.4 Å². The number of benzene rings is 1. The highest BCUT2D eigenvalue weighted by molar-refractivity contribution is 9.10. The molecule has 1 aliphatic rings. The smallest absolute Gasteiger partial charge is 0.189 e. The van der Waals surface area contributed by atoms with Gasteiger partial charge in [-0.1, -0.05) is 38.9 Å². The summed E-state index contributed by atoms with van der Waals surface area (Å²) in [5.41, 5.74) is 3.76. The molecule has 4 aromatic rings. The van der Waals surface area contributed by atoms with E-state index in [1.54, 1.807) is 29.8 Å². The number of nitrogens with zero attached hydrogens (tertiary/aromatic N) is 4. The number of rotatable bonds is 5. The molecular formula is C22H19BrClN5O2S. The molecule has 0 amide bonds. The molecule has 5 rings (SSSR count). The molecule has 1 atom stereocenters. The summed E-state index contributed by atoms with van der Waals surface area (Å²) in [6, 6.07) is 9.71. The molecule has 32 heavy (non-hydrogen) atoms. The summed E-state index contributed by atoms with van der Waals surface area (Å²) in [6.07, 6.45) is 3.15. The van der Waals surface area contributed by atoms with Crippen LogP contribution in [0.5, 0.6) is 0 Å². The van der Waals surface area contributed by atoms with Crippen molar-refractivity contribution in [3.05, 3.63) is 68.9 Å². The number of hydrogen-bond donors (Lipinski definition) is 3. The van der Waals surface area contributed by atoms with Crippen LogP contribution in [-0.2, 0) is 13.0 Å². The van der Waals surface area contributed by atoms with Crippen molar-refractivity contribution in [1.29, 1.82) is 0 Å². The first kappa shape index (κ1) is 21.5. The van der Waals surface area contributed by atoms with Crippen molar-refractivity contribution in [3.63, 3.8) is 0 Å². The summed E-state index contributed by atoms with van der Waals surface area (Å²) in [5.74, 6) is 1.48. The molecule has 1 aliphatic heterocycles. The van der Waals surface area contributed by atoms with Gasteiger partial charge in [0.05, 0.1) is 21.8 Å². The fourth-order valence-electron chi connectivity index (χ4n) is 3.80. The maximum absolute atomic E-state index is 9.81. The Labute approximate surface area is 201 Å². The van der Waals surface area contributed by atoms with E-state index < -0.39 is 6.10 Å². The number of anilines is 3. The Morgan fingerprint density at radius 1 is 1.25 bits per heavy atom. The quantitative estimate of drug-likeness (QED) is 0.339. The molecule has 1 aromatic carbocycles. The third-order valence-electron chi connectivity index (χ3n) is 5.42. The van der Waals surface area contributed by atoms with Gasteiger partial charge in [-0.3, -0.25) is 0 Å². The van der Waals surface area contributed by atoms with Gasteiger partial charge in [-0.05, 0) is 42.3 Å². The fraction of sp³-hybridized carbons (Fsp3) is 0.227. The van der Waals surface area contributed by atoms with Crippen LogP contribution in [0.3, 0.4) is 0 Å². The first-order chi connectivity index (χ1) is 15.5. The molecule has 10 heteroatoms. The van der Waals surface area contributed by atoms with E-state index in [0.29, 0.717) is 22.9 Å².